The fourth-order valence-electron chi connectivity index (χ4n) is 4.38. The Morgan fingerprint density at radius 2 is 2.09 bits per heavy atom. The van der Waals surface area contributed by atoms with E-state index in [4.69, 9.17) is 19.4 Å². The molecule has 172 valence electrons. The average molecular weight is 483 g/mol. The lowest BCUT2D eigenvalue weighted by atomic mass is 10.2. The second-order valence-corrected chi connectivity index (χ2v) is 10.2. The van der Waals surface area contributed by atoms with Gasteiger partial charge in [-0.3, -0.25) is 9.58 Å². The average Bonchev–Trinajstić information content (AvgIpc) is 3.63. The quantitative estimate of drug-likeness (QED) is 0.419. The lowest BCUT2D eigenvalue weighted by Crippen LogP contribution is -2.36. The van der Waals surface area contributed by atoms with Crippen LogP contribution in [0.3, 0.4) is 0 Å². The number of fused-ring (bicyclic) bond motifs is 1. The first-order chi connectivity index (χ1) is 16.3. The number of aromatic nitrogens is 4. The van der Waals surface area contributed by atoms with Gasteiger partial charge in [-0.15, -0.1) is 22.7 Å². The van der Waals surface area contributed by atoms with Gasteiger partial charge in [0.2, 0.25) is 0 Å². The number of anilines is 2. The normalized spacial score (nSPS) is 19.5. The zero-order chi connectivity index (χ0) is 22.0. The highest BCUT2D eigenvalue weighted by molar-refractivity contribution is 7.18. The standard InChI is InChI=1S/C23H26N6O2S2/c1-3-17(31-7-1)13-29-12-16(11-24-29)25-22-21-18(19-4-2-10-32-19)15-33-23(21)27-20(26-22)14-28-5-8-30-9-6-28/h2,4,10-12,15,17H,1,3,5-9,13-14H2,(H,25,26,27)/t17-/m0/s1. The summed E-state index contributed by atoms with van der Waals surface area (Å²) < 4.78 is 13.2. The van der Waals surface area contributed by atoms with Crippen LogP contribution in [0.1, 0.15) is 18.7 Å². The summed E-state index contributed by atoms with van der Waals surface area (Å²) in [7, 11) is 0. The van der Waals surface area contributed by atoms with Gasteiger partial charge in [-0.05, 0) is 24.3 Å². The van der Waals surface area contributed by atoms with Gasteiger partial charge in [0.1, 0.15) is 16.5 Å². The number of hydrogen-bond donors (Lipinski definition) is 1. The third kappa shape index (κ3) is 4.67. The first-order valence-corrected chi connectivity index (χ1v) is 13.1. The zero-order valence-electron chi connectivity index (χ0n) is 18.3. The second-order valence-electron chi connectivity index (χ2n) is 8.39. The van der Waals surface area contributed by atoms with E-state index in [9.17, 15) is 0 Å². The van der Waals surface area contributed by atoms with Crippen LogP contribution < -0.4 is 5.32 Å². The van der Waals surface area contributed by atoms with Crippen LogP contribution in [0.2, 0.25) is 0 Å². The molecule has 0 amide bonds. The molecule has 0 bridgehead atoms. The number of thiophene rings is 2. The van der Waals surface area contributed by atoms with E-state index in [0.717, 1.165) is 86.4 Å². The molecule has 10 heteroatoms. The summed E-state index contributed by atoms with van der Waals surface area (Å²) in [5.41, 5.74) is 2.10. The summed E-state index contributed by atoms with van der Waals surface area (Å²) >= 11 is 3.41. The molecular weight excluding hydrogens is 456 g/mol. The third-order valence-electron chi connectivity index (χ3n) is 6.05. The van der Waals surface area contributed by atoms with Gasteiger partial charge in [-0.25, -0.2) is 9.97 Å². The molecule has 4 aromatic rings. The summed E-state index contributed by atoms with van der Waals surface area (Å²) in [4.78, 5) is 14.5. The van der Waals surface area contributed by atoms with Gasteiger partial charge in [-0.1, -0.05) is 6.07 Å². The van der Waals surface area contributed by atoms with Crippen LogP contribution in [-0.2, 0) is 22.6 Å². The van der Waals surface area contributed by atoms with Crippen molar-refractivity contribution in [2.75, 3.05) is 38.2 Å². The van der Waals surface area contributed by atoms with Crippen LogP contribution in [0.4, 0.5) is 11.5 Å². The summed E-state index contributed by atoms with van der Waals surface area (Å²) in [5, 5.41) is 13.5. The van der Waals surface area contributed by atoms with Crippen molar-refractivity contribution in [3.05, 3.63) is 41.1 Å². The number of morpholine rings is 1. The van der Waals surface area contributed by atoms with Gasteiger partial charge in [0.05, 0.1) is 49.7 Å². The Bertz CT molecular complexity index is 1210. The van der Waals surface area contributed by atoms with E-state index >= 15 is 0 Å². The molecule has 0 spiro atoms. The molecular formula is C23H26N6O2S2. The van der Waals surface area contributed by atoms with Crippen LogP contribution >= 0.6 is 22.7 Å². The summed E-state index contributed by atoms with van der Waals surface area (Å²) in [5.74, 6) is 1.67. The zero-order valence-corrected chi connectivity index (χ0v) is 19.9. The fraction of sp³-hybridized carbons (Fsp3) is 0.435. The Kier molecular flexibility index (Phi) is 6.08. The largest absolute Gasteiger partial charge is 0.379 e. The molecule has 6 heterocycles. The van der Waals surface area contributed by atoms with Crippen LogP contribution in [0, 0.1) is 0 Å². The van der Waals surface area contributed by atoms with Gasteiger partial charge in [0.15, 0.2) is 0 Å². The topological polar surface area (TPSA) is 77.3 Å². The molecule has 1 atom stereocenters. The van der Waals surface area contributed by atoms with Crippen LogP contribution in [-0.4, -0.2) is 63.7 Å². The van der Waals surface area contributed by atoms with Gasteiger partial charge < -0.3 is 14.8 Å². The van der Waals surface area contributed by atoms with E-state index in [-0.39, 0.29) is 6.10 Å². The van der Waals surface area contributed by atoms with E-state index in [1.54, 1.807) is 22.7 Å². The molecule has 2 aliphatic rings. The summed E-state index contributed by atoms with van der Waals surface area (Å²) in [6.07, 6.45) is 6.38. The maximum absolute atomic E-state index is 5.76. The van der Waals surface area contributed by atoms with Crippen molar-refractivity contribution in [2.24, 2.45) is 0 Å². The Hall–Kier alpha value is -2.37. The van der Waals surface area contributed by atoms with E-state index in [1.165, 1.54) is 10.4 Å². The molecule has 33 heavy (non-hydrogen) atoms. The number of nitrogens with zero attached hydrogens (tertiary/aromatic N) is 5. The third-order valence-corrected chi connectivity index (χ3v) is 7.82. The molecule has 2 fully saturated rings. The molecule has 0 radical (unpaired) electrons. The minimum absolute atomic E-state index is 0.255. The van der Waals surface area contributed by atoms with E-state index < -0.39 is 0 Å². The SMILES string of the molecule is c1csc(-c2csc3nc(CN4CCOCC4)nc(Nc4cnn(C[C@@H]5CCCO5)c4)c23)c1. The van der Waals surface area contributed by atoms with Crippen LogP contribution in [0.5, 0.6) is 0 Å². The highest BCUT2D eigenvalue weighted by Crippen LogP contribution is 2.39. The number of hydrogen-bond acceptors (Lipinski definition) is 9. The van der Waals surface area contributed by atoms with Gasteiger partial charge in [-0.2, -0.15) is 5.10 Å². The van der Waals surface area contributed by atoms with Crippen molar-refractivity contribution in [3.63, 3.8) is 0 Å². The molecule has 2 saturated heterocycles. The Labute approximate surface area is 200 Å². The van der Waals surface area contributed by atoms with E-state index in [2.05, 4.69) is 38.2 Å². The van der Waals surface area contributed by atoms with Crippen molar-refractivity contribution in [2.45, 2.75) is 32.0 Å². The van der Waals surface area contributed by atoms with Gasteiger partial charge in [0.25, 0.3) is 0 Å². The van der Waals surface area contributed by atoms with E-state index in [0.29, 0.717) is 0 Å². The lowest BCUT2D eigenvalue weighted by Gasteiger charge is -2.25. The molecule has 1 N–H and O–H groups in total. The fourth-order valence-corrected chi connectivity index (χ4v) is 6.16. The molecule has 8 nitrogen and oxygen atoms in total. The minimum Gasteiger partial charge on any atom is -0.379 e. The molecule has 0 aliphatic carbocycles. The molecule has 6 rings (SSSR count). The maximum atomic E-state index is 5.76. The Morgan fingerprint density at radius 3 is 2.91 bits per heavy atom. The molecule has 0 aromatic carbocycles. The van der Waals surface area contributed by atoms with Gasteiger partial charge >= 0.3 is 0 Å². The smallest absolute Gasteiger partial charge is 0.146 e. The van der Waals surface area contributed by atoms with Gasteiger partial charge in [0, 0.05) is 41.7 Å². The molecule has 4 aromatic heterocycles. The van der Waals surface area contributed by atoms with Crippen molar-refractivity contribution >= 4 is 44.4 Å². The van der Waals surface area contributed by atoms with E-state index in [1.807, 2.05) is 17.1 Å². The first kappa shape index (κ1) is 21.2. The van der Waals surface area contributed by atoms with Crippen LogP contribution in [0.25, 0.3) is 20.7 Å². The van der Waals surface area contributed by atoms with Crippen molar-refractivity contribution in [1.82, 2.24) is 24.6 Å². The Morgan fingerprint density at radius 1 is 1.15 bits per heavy atom. The number of rotatable bonds is 7. The predicted molar refractivity (Wildman–Crippen MR) is 131 cm³/mol. The van der Waals surface area contributed by atoms with Crippen molar-refractivity contribution < 1.29 is 9.47 Å². The number of ether oxygens (including phenoxy) is 2. The summed E-state index contributed by atoms with van der Waals surface area (Å²) in [6.45, 7) is 5.69. The molecule has 2 aliphatic heterocycles. The molecule has 0 unspecified atom stereocenters. The van der Waals surface area contributed by atoms with Crippen molar-refractivity contribution in [3.8, 4) is 10.4 Å². The predicted octanol–water partition coefficient (Wildman–Crippen LogP) is 4.37. The first-order valence-electron chi connectivity index (χ1n) is 11.3. The number of nitrogens with one attached hydrogen (secondary N) is 1. The minimum atomic E-state index is 0.255. The summed E-state index contributed by atoms with van der Waals surface area (Å²) in [6, 6.07) is 4.23. The van der Waals surface area contributed by atoms with Crippen molar-refractivity contribution in [1.29, 1.82) is 0 Å². The Balaban J connectivity index is 1.32. The highest BCUT2D eigenvalue weighted by atomic mass is 32.1. The van der Waals surface area contributed by atoms with Crippen LogP contribution in [0.15, 0.2) is 35.3 Å². The maximum Gasteiger partial charge on any atom is 0.146 e. The highest BCUT2D eigenvalue weighted by Gasteiger charge is 2.20. The monoisotopic (exact) mass is 482 g/mol. The molecule has 0 saturated carbocycles. The lowest BCUT2D eigenvalue weighted by molar-refractivity contribution is 0.0331. The second kappa shape index (κ2) is 9.47.